The van der Waals surface area contributed by atoms with Crippen molar-refractivity contribution < 1.29 is 4.74 Å². The Labute approximate surface area is 147 Å². The number of nitrogens with zero attached hydrogens (tertiary/aromatic N) is 3. The zero-order chi connectivity index (χ0) is 16.9. The Kier molecular flexibility index (Phi) is 4.86. The van der Waals surface area contributed by atoms with Gasteiger partial charge < -0.3 is 10.1 Å². The molecule has 0 unspecified atom stereocenters. The molecule has 1 aromatic heterocycles. The molecule has 1 saturated heterocycles. The third-order valence-corrected chi connectivity index (χ3v) is 4.46. The average molecular weight is 334 g/mol. The molecule has 3 aromatic rings. The van der Waals surface area contributed by atoms with E-state index in [1.165, 1.54) is 0 Å². The van der Waals surface area contributed by atoms with Crippen molar-refractivity contribution in [3.63, 3.8) is 0 Å². The number of benzene rings is 2. The molecule has 25 heavy (non-hydrogen) atoms. The highest BCUT2D eigenvalue weighted by Crippen LogP contribution is 2.24. The van der Waals surface area contributed by atoms with Gasteiger partial charge in [-0.1, -0.05) is 42.5 Å². The standard InChI is InChI=1S/C20H22N4O/c1-2-6-16(7-3-1)19-22-18-9-5-4-8-17(18)20(23-19)21-10-11-24-12-14-25-15-13-24/h1-9H,10-15H2,(H,21,22,23). The van der Waals surface area contributed by atoms with Crippen LogP contribution in [0.4, 0.5) is 5.82 Å². The van der Waals surface area contributed by atoms with E-state index in [0.717, 1.165) is 67.5 Å². The number of hydrogen-bond donors (Lipinski definition) is 1. The van der Waals surface area contributed by atoms with Crippen LogP contribution in [-0.2, 0) is 4.74 Å². The molecule has 5 heteroatoms. The molecule has 0 radical (unpaired) electrons. The average Bonchev–Trinajstić information content (AvgIpc) is 2.69. The van der Waals surface area contributed by atoms with E-state index in [1.54, 1.807) is 0 Å². The van der Waals surface area contributed by atoms with E-state index in [2.05, 4.69) is 16.3 Å². The normalized spacial score (nSPS) is 15.4. The van der Waals surface area contributed by atoms with Crippen LogP contribution in [0.2, 0.25) is 0 Å². The third kappa shape index (κ3) is 3.78. The van der Waals surface area contributed by atoms with Crippen molar-refractivity contribution in [3.8, 4) is 11.4 Å². The van der Waals surface area contributed by atoms with Crippen LogP contribution in [0.1, 0.15) is 0 Å². The first kappa shape index (κ1) is 16.0. The van der Waals surface area contributed by atoms with Gasteiger partial charge in [0, 0.05) is 37.1 Å². The van der Waals surface area contributed by atoms with E-state index >= 15 is 0 Å². The molecule has 1 fully saturated rings. The second kappa shape index (κ2) is 7.59. The smallest absolute Gasteiger partial charge is 0.162 e. The zero-order valence-electron chi connectivity index (χ0n) is 14.2. The van der Waals surface area contributed by atoms with E-state index in [-0.39, 0.29) is 0 Å². The number of para-hydroxylation sites is 1. The Morgan fingerprint density at radius 1 is 0.920 bits per heavy atom. The summed E-state index contributed by atoms with van der Waals surface area (Å²) in [6.07, 6.45) is 0. The van der Waals surface area contributed by atoms with Crippen molar-refractivity contribution in [2.45, 2.75) is 0 Å². The van der Waals surface area contributed by atoms with Crippen LogP contribution in [0.25, 0.3) is 22.3 Å². The van der Waals surface area contributed by atoms with Gasteiger partial charge in [0.25, 0.3) is 0 Å². The van der Waals surface area contributed by atoms with Crippen molar-refractivity contribution in [1.82, 2.24) is 14.9 Å². The van der Waals surface area contributed by atoms with Gasteiger partial charge in [-0.25, -0.2) is 9.97 Å². The summed E-state index contributed by atoms with van der Waals surface area (Å²) in [5.41, 5.74) is 2.00. The van der Waals surface area contributed by atoms with Crippen LogP contribution in [0.15, 0.2) is 54.6 Å². The number of ether oxygens (including phenoxy) is 1. The van der Waals surface area contributed by atoms with Gasteiger partial charge in [0.15, 0.2) is 5.82 Å². The van der Waals surface area contributed by atoms with Crippen molar-refractivity contribution >= 4 is 16.7 Å². The molecule has 0 bridgehead atoms. The van der Waals surface area contributed by atoms with Crippen molar-refractivity contribution in [1.29, 1.82) is 0 Å². The third-order valence-electron chi connectivity index (χ3n) is 4.46. The monoisotopic (exact) mass is 334 g/mol. The molecule has 5 nitrogen and oxygen atoms in total. The highest BCUT2D eigenvalue weighted by atomic mass is 16.5. The number of fused-ring (bicyclic) bond motifs is 1. The maximum absolute atomic E-state index is 5.40. The lowest BCUT2D eigenvalue weighted by atomic mass is 10.2. The van der Waals surface area contributed by atoms with Crippen molar-refractivity contribution in [3.05, 3.63) is 54.6 Å². The van der Waals surface area contributed by atoms with Crippen LogP contribution in [0.5, 0.6) is 0 Å². The molecule has 2 heterocycles. The largest absolute Gasteiger partial charge is 0.379 e. The summed E-state index contributed by atoms with van der Waals surface area (Å²) in [5.74, 6) is 1.66. The number of hydrogen-bond acceptors (Lipinski definition) is 5. The molecular weight excluding hydrogens is 312 g/mol. The van der Waals surface area contributed by atoms with Gasteiger partial charge in [-0.15, -0.1) is 0 Å². The second-order valence-electron chi connectivity index (χ2n) is 6.16. The summed E-state index contributed by atoms with van der Waals surface area (Å²) >= 11 is 0. The predicted molar refractivity (Wildman–Crippen MR) is 101 cm³/mol. The summed E-state index contributed by atoms with van der Waals surface area (Å²) in [6, 6.07) is 18.3. The molecule has 0 atom stereocenters. The number of anilines is 1. The van der Waals surface area contributed by atoms with Gasteiger partial charge in [0.1, 0.15) is 5.82 Å². The first-order chi connectivity index (χ1) is 12.4. The molecule has 0 spiro atoms. The van der Waals surface area contributed by atoms with Crippen LogP contribution < -0.4 is 5.32 Å². The van der Waals surface area contributed by atoms with E-state index in [4.69, 9.17) is 14.7 Å². The molecule has 0 amide bonds. The molecule has 2 aromatic carbocycles. The number of rotatable bonds is 5. The lowest BCUT2D eigenvalue weighted by Crippen LogP contribution is -2.39. The molecule has 1 N–H and O–H groups in total. The molecule has 4 rings (SSSR count). The first-order valence-electron chi connectivity index (χ1n) is 8.76. The highest BCUT2D eigenvalue weighted by Gasteiger charge is 2.11. The fraction of sp³-hybridized carbons (Fsp3) is 0.300. The van der Waals surface area contributed by atoms with Gasteiger partial charge in [-0.2, -0.15) is 0 Å². The minimum Gasteiger partial charge on any atom is -0.379 e. The topological polar surface area (TPSA) is 50.3 Å². The summed E-state index contributed by atoms with van der Waals surface area (Å²) in [6.45, 7) is 5.50. The molecule has 0 aliphatic carbocycles. The minimum absolute atomic E-state index is 0.758. The summed E-state index contributed by atoms with van der Waals surface area (Å²) in [4.78, 5) is 11.9. The van der Waals surface area contributed by atoms with E-state index in [1.807, 2.05) is 48.5 Å². The molecule has 1 aliphatic rings. The maximum Gasteiger partial charge on any atom is 0.162 e. The van der Waals surface area contributed by atoms with Gasteiger partial charge in [0.05, 0.1) is 18.7 Å². The highest BCUT2D eigenvalue weighted by molar-refractivity contribution is 5.90. The summed E-state index contributed by atoms with van der Waals surface area (Å²) < 4.78 is 5.40. The Balaban J connectivity index is 1.58. The van der Waals surface area contributed by atoms with E-state index in [9.17, 15) is 0 Å². The second-order valence-corrected chi connectivity index (χ2v) is 6.16. The van der Waals surface area contributed by atoms with Gasteiger partial charge in [0.2, 0.25) is 0 Å². The van der Waals surface area contributed by atoms with Crippen LogP contribution in [0.3, 0.4) is 0 Å². The van der Waals surface area contributed by atoms with Crippen LogP contribution >= 0.6 is 0 Å². The Morgan fingerprint density at radius 3 is 2.52 bits per heavy atom. The Morgan fingerprint density at radius 2 is 1.68 bits per heavy atom. The van der Waals surface area contributed by atoms with Crippen LogP contribution in [0, 0.1) is 0 Å². The van der Waals surface area contributed by atoms with Crippen molar-refractivity contribution in [2.24, 2.45) is 0 Å². The summed E-state index contributed by atoms with van der Waals surface area (Å²) in [5, 5.41) is 4.57. The first-order valence-corrected chi connectivity index (χ1v) is 8.76. The SMILES string of the molecule is c1ccc(-c2nc(NCCN3CCOCC3)c3ccccc3n2)cc1. The molecular formula is C20H22N4O. The zero-order valence-corrected chi connectivity index (χ0v) is 14.2. The number of morpholine rings is 1. The molecule has 1 aliphatic heterocycles. The Bertz CT molecular complexity index is 831. The maximum atomic E-state index is 5.40. The van der Waals surface area contributed by atoms with E-state index < -0.39 is 0 Å². The lowest BCUT2D eigenvalue weighted by Gasteiger charge is -2.26. The predicted octanol–water partition coefficient (Wildman–Crippen LogP) is 3.04. The molecule has 128 valence electrons. The van der Waals surface area contributed by atoms with Crippen LogP contribution in [-0.4, -0.2) is 54.3 Å². The van der Waals surface area contributed by atoms with Gasteiger partial charge in [-0.05, 0) is 12.1 Å². The number of aromatic nitrogens is 2. The van der Waals surface area contributed by atoms with Gasteiger partial charge >= 0.3 is 0 Å². The molecule has 0 saturated carbocycles. The fourth-order valence-electron chi connectivity index (χ4n) is 3.08. The minimum atomic E-state index is 0.758. The number of nitrogens with one attached hydrogen (secondary N) is 1. The fourth-order valence-corrected chi connectivity index (χ4v) is 3.08. The lowest BCUT2D eigenvalue weighted by molar-refractivity contribution is 0.0398. The van der Waals surface area contributed by atoms with E-state index in [0.29, 0.717) is 0 Å². The quantitative estimate of drug-likeness (QED) is 0.777. The summed E-state index contributed by atoms with van der Waals surface area (Å²) in [7, 11) is 0. The van der Waals surface area contributed by atoms with Crippen molar-refractivity contribution in [2.75, 3.05) is 44.7 Å². The Hall–Kier alpha value is -2.50. The van der Waals surface area contributed by atoms with Gasteiger partial charge in [-0.3, -0.25) is 4.90 Å².